The van der Waals surface area contributed by atoms with Crippen LogP contribution < -0.4 is 9.46 Å². The lowest BCUT2D eigenvalue weighted by atomic mass is 9.86. The van der Waals surface area contributed by atoms with Crippen LogP contribution in [0.5, 0.6) is 11.5 Å². The normalized spacial score (nSPS) is 13.8. The number of nitrogens with one attached hydrogen (secondary N) is 1. The first kappa shape index (κ1) is 35.5. The molecular weight excluding hydrogens is 691 g/mol. The third-order valence-electron chi connectivity index (χ3n) is 8.65. The van der Waals surface area contributed by atoms with Gasteiger partial charge >= 0.3 is 11.9 Å². The maximum atomic E-state index is 14.8. The van der Waals surface area contributed by atoms with Gasteiger partial charge < -0.3 is 19.8 Å². The van der Waals surface area contributed by atoms with Crippen LogP contribution in [0.3, 0.4) is 0 Å². The first-order valence-corrected chi connectivity index (χ1v) is 17.6. The lowest BCUT2D eigenvalue weighted by molar-refractivity contribution is 0.0613. The number of aryl methyl sites for hydroxylation is 1. The maximum Gasteiger partial charge on any atom is 0.336 e. The van der Waals surface area contributed by atoms with E-state index in [1.54, 1.807) is 41.1 Å². The van der Waals surface area contributed by atoms with E-state index in [0.717, 1.165) is 35.7 Å². The molecule has 1 aliphatic carbocycles. The predicted octanol–water partition coefficient (Wildman–Crippen LogP) is 6.85. The average molecular weight is 723 g/mol. The second kappa shape index (κ2) is 14.9. The zero-order chi connectivity index (χ0) is 37.0. The number of carbonyl (C=O) groups is 4. The second-order valence-electron chi connectivity index (χ2n) is 12.0. The summed E-state index contributed by atoms with van der Waals surface area (Å²) in [6.45, 7) is -0.0489. The molecule has 264 valence electrons. The van der Waals surface area contributed by atoms with Crippen LogP contribution in [0.2, 0.25) is 0 Å². The van der Waals surface area contributed by atoms with Crippen molar-refractivity contribution in [3.05, 3.63) is 160 Å². The standard InChI is InChI=1S/C39H31FN2O9S/c40-33-17-6-7-19-35(33)52(49,50)41-36(43)29-21-30(32(39(47)48)22-31(29)38(45)46)37(44)42(34-18-9-12-25-11-4-5-16-28(25)34)23-24-10-8-15-27(20-24)51-26-13-2-1-3-14-26/h1-8,10-11,13-17,19-22,34H,9,12,18,23H2,(H,41,43)(H,45,46)(H,47,48)/t34-/m0/s1. The van der Waals surface area contributed by atoms with E-state index in [4.69, 9.17) is 4.74 Å². The first-order valence-electron chi connectivity index (χ1n) is 16.1. The summed E-state index contributed by atoms with van der Waals surface area (Å²) in [5.74, 6) is -5.88. The smallest absolute Gasteiger partial charge is 0.336 e. The number of para-hydroxylation sites is 1. The molecule has 11 nitrogen and oxygen atoms in total. The van der Waals surface area contributed by atoms with Crippen LogP contribution in [0.1, 0.15) is 77.0 Å². The minimum absolute atomic E-state index is 0.0489. The van der Waals surface area contributed by atoms with E-state index in [2.05, 4.69) is 0 Å². The van der Waals surface area contributed by atoms with Crippen molar-refractivity contribution in [3.63, 3.8) is 0 Å². The fourth-order valence-corrected chi connectivity index (χ4v) is 7.32. The number of carbonyl (C=O) groups excluding carboxylic acids is 2. The van der Waals surface area contributed by atoms with Gasteiger partial charge in [-0.2, -0.15) is 0 Å². The summed E-state index contributed by atoms with van der Waals surface area (Å²) >= 11 is 0. The van der Waals surface area contributed by atoms with Gasteiger partial charge in [-0.3, -0.25) is 9.59 Å². The van der Waals surface area contributed by atoms with Gasteiger partial charge in [-0.05, 0) is 84.5 Å². The van der Waals surface area contributed by atoms with Crippen molar-refractivity contribution in [1.82, 2.24) is 9.62 Å². The predicted molar refractivity (Wildman–Crippen MR) is 186 cm³/mol. The minimum Gasteiger partial charge on any atom is -0.478 e. The molecule has 2 amide bonds. The van der Waals surface area contributed by atoms with Crippen molar-refractivity contribution in [1.29, 1.82) is 0 Å². The zero-order valence-electron chi connectivity index (χ0n) is 27.4. The highest BCUT2D eigenvalue weighted by molar-refractivity contribution is 7.90. The molecule has 0 unspecified atom stereocenters. The van der Waals surface area contributed by atoms with Crippen LogP contribution >= 0.6 is 0 Å². The Morgan fingerprint density at radius 2 is 1.38 bits per heavy atom. The molecule has 1 atom stereocenters. The number of hydrogen-bond acceptors (Lipinski definition) is 7. The first-order chi connectivity index (χ1) is 24.9. The molecule has 5 aromatic carbocycles. The molecule has 1 aliphatic rings. The van der Waals surface area contributed by atoms with E-state index in [0.29, 0.717) is 36.0 Å². The molecule has 0 aliphatic heterocycles. The van der Waals surface area contributed by atoms with Gasteiger partial charge in [0.05, 0.1) is 28.3 Å². The molecule has 0 radical (unpaired) electrons. The number of rotatable bonds is 11. The number of ether oxygens (including phenoxy) is 1. The van der Waals surface area contributed by atoms with Crippen molar-refractivity contribution >= 4 is 33.8 Å². The summed E-state index contributed by atoms with van der Waals surface area (Å²) in [6.07, 6.45) is 1.96. The number of carboxylic acids is 2. The van der Waals surface area contributed by atoms with E-state index >= 15 is 0 Å². The van der Waals surface area contributed by atoms with E-state index in [-0.39, 0.29) is 6.54 Å². The summed E-state index contributed by atoms with van der Waals surface area (Å²) in [5, 5.41) is 20.2. The topological polar surface area (TPSA) is 167 Å². The van der Waals surface area contributed by atoms with Crippen LogP contribution in [0.15, 0.2) is 120 Å². The Bertz CT molecular complexity index is 2310. The van der Waals surface area contributed by atoms with Crippen molar-refractivity contribution in [2.75, 3.05) is 0 Å². The Hall–Kier alpha value is -6.34. The lowest BCUT2D eigenvalue weighted by Gasteiger charge is -2.36. The lowest BCUT2D eigenvalue weighted by Crippen LogP contribution is -2.38. The van der Waals surface area contributed by atoms with Gasteiger partial charge in [-0.25, -0.2) is 27.1 Å². The molecular formula is C39H31FN2O9S. The Morgan fingerprint density at radius 3 is 2.12 bits per heavy atom. The molecule has 0 saturated heterocycles. The Morgan fingerprint density at radius 1 is 0.750 bits per heavy atom. The van der Waals surface area contributed by atoms with Crippen LogP contribution in [0.25, 0.3) is 0 Å². The molecule has 0 spiro atoms. The van der Waals surface area contributed by atoms with Crippen LogP contribution in [0.4, 0.5) is 4.39 Å². The summed E-state index contributed by atoms with van der Waals surface area (Å²) in [7, 11) is -4.87. The highest BCUT2D eigenvalue weighted by Crippen LogP contribution is 2.37. The van der Waals surface area contributed by atoms with Crippen LogP contribution in [-0.2, 0) is 23.0 Å². The SMILES string of the molecule is O=C(O)c1cc(C(=O)O)c(C(=O)N(Cc2cccc(Oc3ccccc3)c2)[C@H]2CCCc3ccccc32)cc1C(=O)NS(=O)(=O)c1ccccc1F. The van der Waals surface area contributed by atoms with Gasteiger partial charge in [0.25, 0.3) is 21.8 Å². The second-order valence-corrected chi connectivity index (χ2v) is 13.7. The molecule has 13 heteroatoms. The van der Waals surface area contributed by atoms with Crippen molar-refractivity contribution in [2.24, 2.45) is 0 Å². The number of amides is 2. The summed E-state index contributed by atoms with van der Waals surface area (Å²) in [6, 6.07) is 28.7. The molecule has 6 rings (SSSR count). The van der Waals surface area contributed by atoms with Gasteiger partial charge in [0.2, 0.25) is 0 Å². The van der Waals surface area contributed by atoms with Crippen LogP contribution in [0, 0.1) is 5.82 Å². The van der Waals surface area contributed by atoms with Gasteiger partial charge in [0, 0.05) is 6.54 Å². The van der Waals surface area contributed by atoms with Gasteiger partial charge in [-0.15, -0.1) is 0 Å². The molecule has 3 N–H and O–H groups in total. The van der Waals surface area contributed by atoms with Crippen molar-refractivity contribution in [3.8, 4) is 11.5 Å². The third-order valence-corrected chi connectivity index (χ3v) is 10.0. The van der Waals surface area contributed by atoms with E-state index in [9.17, 15) is 42.2 Å². The van der Waals surface area contributed by atoms with Gasteiger partial charge in [0.15, 0.2) is 0 Å². The van der Waals surface area contributed by atoms with Gasteiger partial charge in [-0.1, -0.05) is 66.7 Å². The number of carboxylic acid groups (broad SMARTS) is 2. The molecule has 5 aromatic rings. The molecule has 0 fully saturated rings. The number of fused-ring (bicyclic) bond motifs is 1. The molecule has 0 aromatic heterocycles. The fraction of sp³-hybridized carbons (Fsp3) is 0.128. The Kier molecular flexibility index (Phi) is 10.1. The van der Waals surface area contributed by atoms with Crippen LogP contribution in [-0.4, -0.2) is 47.3 Å². The number of hydrogen-bond donors (Lipinski definition) is 3. The van der Waals surface area contributed by atoms with E-state index in [1.165, 1.54) is 17.0 Å². The summed E-state index contributed by atoms with van der Waals surface area (Å²) < 4.78 is 48.0. The number of sulfonamides is 1. The monoisotopic (exact) mass is 722 g/mol. The number of aromatic carboxylic acids is 2. The average Bonchev–Trinajstić information content (AvgIpc) is 3.13. The molecule has 0 heterocycles. The van der Waals surface area contributed by atoms with E-state index < -0.39 is 72.8 Å². The number of nitrogens with zero attached hydrogens (tertiary/aromatic N) is 1. The number of benzene rings is 5. The van der Waals surface area contributed by atoms with Gasteiger partial charge in [0.1, 0.15) is 22.2 Å². The number of halogens is 1. The third kappa shape index (κ3) is 7.54. The van der Waals surface area contributed by atoms with E-state index in [1.807, 2.05) is 42.5 Å². The Balaban J connectivity index is 1.45. The highest BCUT2D eigenvalue weighted by atomic mass is 32.2. The van der Waals surface area contributed by atoms with Crippen molar-refractivity contribution in [2.45, 2.75) is 36.7 Å². The minimum atomic E-state index is -4.87. The fourth-order valence-electron chi connectivity index (χ4n) is 6.27. The molecule has 52 heavy (non-hydrogen) atoms. The zero-order valence-corrected chi connectivity index (χ0v) is 28.2. The maximum absolute atomic E-state index is 14.8. The highest BCUT2D eigenvalue weighted by Gasteiger charge is 2.34. The molecule has 0 bridgehead atoms. The molecule has 0 saturated carbocycles. The largest absolute Gasteiger partial charge is 0.478 e. The van der Waals surface area contributed by atoms with Crippen molar-refractivity contribution < 1.29 is 46.9 Å². The Labute approximate surface area is 298 Å². The quantitative estimate of drug-likeness (QED) is 0.132. The summed E-state index contributed by atoms with van der Waals surface area (Å²) in [5.41, 5.74) is -0.504. The summed E-state index contributed by atoms with van der Waals surface area (Å²) in [4.78, 5) is 53.7.